The number of piperidine rings is 1. The van der Waals surface area contributed by atoms with Gasteiger partial charge in [0.05, 0.1) is 23.3 Å². The lowest BCUT2D eigenvalue weighted by Gasteiger charge is -2.25. The van der Waals surface area contributed by atoms with E-state index in [4.69, 9.17) is 4.74 Å². The fraction of sp³-hybridized carbons (Fsp3) is 0.226. The SMILES string of the molecule is Cn1c(Nc2cc(-c3ccncc3)ccc2F)nc2cc(Oc3ccnc(NC(=O)CN4CCCCC4)c3)ccc21. The van der Waals surface area contributed by atoms with Crippen LogP contribution < -0.4 is 15.4 Å². The molecule has 1 aliphatic rings. The molecule has 1 saturated heterocycles. The number of aromatic nitrogens is 4. The fourth-order valence-electron chi connectivity index (χ4n) is 5.00. The predicted octanol–water partition coefficient (Wildman–Crippen LogP) is 6.13. The standard InChI is InChI=1S/C31H30FN7O2/c1-38-28-8-6-23(41-24-11-14-34-29(19-24)37-30(40)20-39-15-3-2-4-16-39)18-27(28)36-31(38)35-26-17-22(5-7-25(26)32)21-9-12-33-13-10-21/h5-14,17-19H,2-4,15-16,20H2,1H3,(H,35,36)(H,34,37,40). The fourth-order valence-corrected chi connectivity index (χ4v) is 5.00. The molecule has 1 fully saturated rings. The predicted molar refractivity (Wildman–Crippen MR) is 157 cm³/mol. The summed E-state index contributed by atoms with van der Waals surface area (Å²) >= 11 is 0. The third kappa shape index (κ3) is 6.17. The number of halogens is 1. The van der Waals surface area contributed by atoms with Crippen LogP contribution in [-0.4, -0.2) is 50.0 Å². The number of amides is 1. The molecule has 0 saturated carbocycles. The smallest absolute Gasteiger partial charge is 0.239 e. The molecule has 5 aromatic rings. The van der Waals surface area contributed by atoms with E-state index in [0.29, 0.717) is 41.0 Å². The van der Waals surface area contributed by atoms with E-state index in [1.165, 1.54) is 12.5 Å². The van der Waals surface area contributed by atoms with Crippen molar-refractivity contribution in [1.29, 1.82) is 0 Å². The van der Waals surface area contributed by atoms with Crippen molar-refractivity contribution in [3.8, 4) is 22.6 Å². The van der Waals surface area contributed by atoms with Gasteiger partial charge in [-0.05, 0) is 79.5 Å². The number of imidazole rings is 1. The van der Waals surface area contributed by atoms with Gasteiger partial charge in [0.15, 0.2) is 0 Å². The van der Waals surface area contributed by atoms with Crippen LogP contribution in [0, 0.1) is 5.82 Å². The van der Waals surface area contributed by atoms with E-state index in [1.54, 1.807) is 42.9 Å². The van der Waals surface area contributed by atoms with E-state index in [-0.39, 0.29) is 11.7 Å². The molecule has 4 heterocycles. The summed E-state index contributed by atoms with van der Waals surface area (Å²) in [7, 11) is 1.87. The highest BCUT2D eigenvalue weighted by atomic mass is 19.1. The maximum atomic E-state index is 14.7. The molecule has 2 aromatic carbocycles. The Bertz CT molecular complexity index is 1680. The molecule has 10 heteroatoms. The summed E-state index contributed by atoms with van der Waals surface area (Å²) in [4.78, 5) is 27.7. The van der Waals surface area contributed by atoms with Crippen molar-refractivity contribution < 1.29 is 13.9 Å². The zero-order valence-corrected chi connectivity index (χ0v) is 22.7. The Morgan fingerprint density at radius 1 is 0.927 bits per heavy atom. The molecular formula is C31H30FN7O2. The molecule has 208 valence electrons. The first-order valence-electron chi connectivity index (χ1n) is 13.6. The molecule has 0 aliphatic carbocycles. The number of ether oxygens (including phenoxy) is 1. The van der Waals surface area contributed by atoms with Gasteiger partial charge in [-0.15, -0.1) is 0 Å². The molecule has 0 spiro atoms. The summed E-state index contributed by atoms with van der Waals surface area (Å²) in [5.74, 6) is 1.57. The van der Waals surface area contributed by atoms with Crippen molar-refractivity contribution in [3.05, 3.63) is 85.1 Å². The van der Waals surface area contributed by atoms with Gasteiger partial charge in [0, 0.05) is 37.8 Å². The number of hydrogen-bond acceptors (Lipinski definition) is 7. The quantitative estimate of drug-likeness (QED) is 0.239. The van der Waals surface area contributed by atoms with E-state index in [1.807, 2.05) is 41.9 Å². The maximum Gasteiger partial charge on any atom is 0.239 e. The average molecular weight is 552 g/mol. The second kappa shape index (κ2) is 11.7. The lowest BCUT2D eigenvalue weighted by atomic mass is 10.1. The molecule has 9 nitrogen and oxygen atoms in total. The average Bonchev–Trinajstić information content (AvgIpc) is 3.29. The van der Waals surface area contributed by atoms with Crippen LogP contribution >= 0.6 is 0 Å². The first kappa shape index (κ1) is 26.4. The van der Waals surface area contributed by atoms with Gasteiger partial charge in [-0.3, -0.25) is 14.7 Å². The minimum Gasteiger partial charge on any atom is -0.457 e. The summed E-state index contributed by atoms with van der Waals surface area (Å²) in [5.41, 5.74) is 3.66. The minimum absolute atomic E-state index is 0.0887. The number of likely N-dealkylation sites (tertiary alicyclic amines) is 1. The van der Waals surface area contributed by atoms with Crippen LogP contribution in [0.25, 0.3) is 22.2 Å². The Balaban J connectivity index is 1.16. The van der Waals surface area contributed by atoms with Crippen LogP contribution in [0.2, 0.25) is 0 Å². The monoisotopic (exact) mass is 551 g/mol. The zero-order valence-electron chi connectivity index (χ0n) is 22.7. The van der Waals surface area contributed by atoms with Crippen molar-refractivity contribution in [3.63, 3.8) is 0 Å². The molecule has 6 rings (SSSR count). The summed E-state index contributed by atoms with van der Waals surface area (Å²) < 4.78 is 22.7. The van der Waals surface area contributed by atoms with Gasteiger partial charge < -0.3 is 19.9 Å². The molecule has 0 bridgehead atoms. The van der Waals surface area contributed by atoms with Gasteiger partial charge in [-0.2, -0.15) is 0 Å². The summed E-state index contributed by atoms with van der Waals surface area (Å²) in [5, 5.41) is 6.00. The van der Waals surface area contributed by atoms with Crippen LogP contribution in [0.4, 0.5) is 21.8 Å². The number of nitrogens with one attached hydrogen (secondary N) is 2. The highest BCUT2D eigenvalue weighted by molar-refractivity contribution is 5.91. The number of aryl methyl sites for hydroxylation is 1. The highest BCUT2D eigenvalue weighted by Crippen LogP contribution is 2.31. The van der Waals surface area contributed by atoms with Gasteiger partial charge >= 0.3 is 0 Å². The molecule has 41 heavy (non-hydrogen) atoms. The largest absolute Gasteiger partial charge is 0.457 e. The number of nitrogens with zero attached hydrogens (tertiary/aromatic N) is 5. The number of anilines is 3. The Morgan fingerprint density at radius 2 is 1.73 bits per heavy atom. The second-order valence-electron chi connectivity index (χ2n) is 10.1. The van der Waals surface area contributed by atoms with Crippen LogP contribution in [0.3, 0.4) is 0 Å². The number of carbonyl (C=O) groups is 1. The van der Waals surface area contributed by atoms with Crippen LogP contribution in [0.15, 0.2) is 79.3 Å². The summed E-state index contributed by atoms with van der Waals surface area (Å²) in [6.07, 6.45) is 8.49. The number of hydrogen-bond donors (Lipinski definition) is 2. The minimum atomic E-state index is -0.379. The Morgan fingerprint density at radius 3 is 2.56 bits per heavy atom. The van der Waals surface area contributed by atoms with Gasteiger partial charge in [0.25, 0.3) is 0 Å². The van der Waals surface area contributed by atoms with Gasteiger partial charge in [0.2, 0.25) is 11.9 Å². The number of benzene rings is 2. The normalized spacial score (nSPS) is 13.7. The third-order valence-corrected chi connectivity index (χ3v) is 7.13. The highest BCUT2D eigenvalue weighted by Gasteiger charge is 2.15. The molecular weight excluding hydrogens is 521 g/mol. The molecule has 0 atom stereocenters. The molecule has 0 unspecified atom stereocenters. The molecule has 3 aromatic heterocycles. The van der Waals surface area contributed by atoms with Crippen molar-refractivity contribution in [1.82, 2.24) is 24.4 Å². The molecule has 1 aliphatic heterocycles. The molecule has 1 amide bonds. The number of pyridine rings is 2. The number of carbonyl (C=O) groups excluding carboxylic acids is 1. The summed E-state index contributed by atoms with van der Waals surface area (Å²) in [6, 6.07) is 17.7. The van der Waals surface area contributed by atoms with E-state index in [9.17, 15) is 9.18 Å². The Kier molecular flexibility index (Phi) is 7.55. The van der Waals surface area contributed by atoms with Crippen molar-refractivity contribution in [2.75, 3.05) is 30.3 Å². The van der Waals surface area contributed by atoms with Gasteiger partial charge in [-0.25, -0.2) is 14.4 Å². The first-order chi connectivity index (χ1) is 20.0. The van der Waals surface area contributed by atoms with Gasteiger partial charge in [-0.1, -0.05) is 12.5 Å². The number of rotatable bonds is 8. The lowest BCUT2D eigenvalue weighted by molar-refractivity contribution is -0.117. The summed E-state index contributed by atoms with van der Waals surface area (Å²) in [6.45, 7) is 2.26. The Hall–Kier alpha value is -4.83. The van der Waals surface area contributed by atoms with E-state index < -0.39 is 0 Å². The first-order valence-corrected chi connectivity index (χ1v) is 13.6. The zero-order chi connectivity index (χ0) is 28.2. The van der Waals surface area contributed by atoms with Crippen molar-refractivity contribution in [2.45, 2.75) is 19.3 Å². The topological polar surface area (TPSA) is 97.2 Å². The molecule has 0 radical (unpaired) electrons. The van der Waals surface area contributed by atoms with Crippen LogP contribution in [-0.2, 0) is 11.8 Å². The van der Waals surface area contributed by atoms with Crippen LogP contribution in [0.1, 0.15) is 19.3 Å². The van der Waals surface area contributed by atoms with Crippen molar-refractivity contribution >= 4 is 34.4 Å². The third-order valence-electron chi connectivity index (χ3n) is 7.13. The van der Waals surface area contributed by atoms with E-state index in [2.05, 4.69) is 30.5 Å². The van der Waals surface area contributed by atoms with Crippen molar-refractivity contribution in [2.24, 2.45) is 7.05 Å². The maximum absolute atomic E-state index is 14.7. The van der Waals surface area contributed by atoms with E-state index >= 15 is 0 Å². The van der Waals surface area contributed by atoms with Crippen LogP contribution in [0.5, 0.6) is 11.5 Å². The lowest BCUT2D eigenvalue weighted by Crippen LogP contribution is -2.36. The molecule has 2 N–H and O–H groups in total. The number of fused-ring (bicyclic) bond motifs is 1. The van der Waals surface area contributed by atoms with Gasteiger partial charge in [0.1, 0.15) is 23.1 Å². The Labute approximate surface area is 237 Å². The van der Waals surface area contributed by atoms with E-state index in [0.717, 1.165) is 42.6 Å². The second-order valence-corrected chi connectivity index (χ2v) is 10.1.